The van der Waals surface area contributed by atoms with Crippen molar-refractivity contribution in [2.45, 2.75) is 6.92 Å². The fourth-order valence-corrected chi connectivity index (χ4v) is 1.36. The van der Waals surface area contributed by atoms with E-state index in [1.165, 1.54) is 0 Å². The van der Waals surface area contributed by atoms with Crippen molar-refractivity contribution in [3.63, 3.8) is 0 Å². The molecule has 0 atom stereocenters. The van der Waals surface area contributed by atoms with E-state index in [1.54, 1.807) is 19.4 Å². The smallest absolute Gasteiger partial charge is 0.262 e. The zero-order valence-corrected chi connectivity index (χ0v) is 9.27. The number of nitrogens with zero attached hydrogens (tertiary/aromatic N) is 2. The Labute approximate surface area is 94.3 Å². The maximum absolute atomic E-state index is 5.65. The average Bonchev–Trinajstić information content (AvgIpc) is 2.30. The predicted molar refractivity (Wildman–Crippen MR) is 62.8 cm³/mol. The van der Waals surface area contributed by atoms with E-state index < -0.39 is 0 Å². The molecule has 0 aliphatic heterocycles. The lowest BCUT2D eigenvalue weighted by Gasteiger charge is -2.08. The molecule has 82 valence electrons. The first-order valence-electron chi connectivity index (χ1n) is 5.03. The Kier molecular flexibility index (Phi) is 3.00. The monoisotopic (exact) mass is 215 g/mol. The SMILES string of the molecule is CNc1nccnc1Oc1cccc(C)c1. The first-order valence-corrected chi connectivity index (χ1v) is 5.03. The van der Waals surface area contributed by atoms with Gasteiger partial charge in [-0.3, -0.25) is 0 Å². The minimum Gasteiger partial charge on any atom is -0.436 e. The van der Waals surface area contributed by atoms with Gasteiger partial charge in [-0.2, -0.15) is 0 Å². The van der Waals surface area contributed by atoms with Crippen LogP contribution in [0.4, 0.5) is 5.82 Å². The van der Waals surface area contributed by atoms with Crippen LogP contribution in [0, 0.1) is 6.92 Å². The van der Waals surface area contributed by atoms with Gasteiger partial charge < -0.3 is 10.1 Å². The molecule has 0 aliphatic rings. The standard InChI is InChI=1S/C12H13N3O/c1-9-4-3-5-10(8-9)16-12-11(13-2)14-6-7-15-12/h3-8H,1-2H3,(H,13,14). The summed E-state index contributed by atoms with van der Waals surface area (Å²) >= 11 is 0. The summed E-state index contributed by atoms with van der Waals surface area (Å²) in [5.41, 5.74) is 1.15. The zero-order valence-electron chi connectivity index (χ0n) is 9.27. The number of hydrogen-bond donors (Lipinski definition) is 1. The minimum atomic E-state index is 0.482. The molecule has 0 aliphatic carbocycles. The van der Waals surface area contributed by atoms with Crippen LogP contribution in [0.25, 0.3) is 0 Å². The molecule has 0 amide bonds. The molecule has 0 bridgehead atoms. The number of benzene rings is 1. The summed E-state index contributed by atoms with van der Waals surface area (Å²) in [6.45, 7) is 2.02. The van der Waals surface area contributed by atoms with Gasteiger partial charge in [-0.1, -0.05) is 12.1 Å². The number of anilines is 1. The molecule has 0 saturated carbocycles. The second kappa shape index (κ2) is 4.61. The van der Waals surface area contributed by atoms with E-state index in [-0.39, 0.29) is 0 Å². The molecular formula is C12H13N3O. The largest absolute Gasteiger partial charge is 0.436 e. The van der Waals surface area contributed by atoms with Crippen molar-refractivity contribution >= 4 is 5.82 Å². The van der Waals surface area contributed by atoms with E-state index in [0.29, 0.717) is 11.7 Å². The number of aromatic nitrogens is 2. The second-order valence-electron chi connectivity index (χ2n) is 3.38. The lowest BCUT2D eigenvalue weighted by atomic mass is 10.2. The van der Waals surface area contributed by atoms with Gasteiger partial charge in [-0.25, -0.2) is 9.97 Å². The minimum absolute atomic E-state index is 0.482. The number of rotatable bonds is 3. The maximum atomic E-state index is 5.65. The van der Waals surface area contributed by atoms with Gasteiger partial charge in [0.05, 0.1) is 0 Å². The van der Waals surface area contributed by atoms with Crippen LogP contribution in [0.3, 0.4) is 0 Å². The first-order chi connectivity index (χ1) is 7.79. The molecule has 0 fully saturated rings. The number of nitrogens with one attached hydrogen (secondary N) is 1. The fraction of sp³-hybridized carbons (Fsp3) is 0.167. The van der Waals surface area contributed by atoms with E-state index in [2.05, 4.69) is 15.3 Å². The number of ether oxygens (including phenoxy) is 1. The molecule has 0 radical (unpaired) electrons. The Morgan fingerprint density at radius 2 is 2.00 bits per heavy atom. The summed E-state index contributed by atoms with van der Waals surface area (Å²) in [6, 6.07) is 7.80. The quantitative estimate of drug-likeness (QED) is 0.855. The summed E-state index contributed by atoms with van der Waals surface area (Å²) in [6.07, 6.45) is 3.22. The molecule has 16 heavy (non-hydrogen) atoms. The maximum Gasteiger partial charge on any atom is 0.262 e. The molecule has 4 nitrogen and oxygen atoms in total. The van der Waals surface area contributed by atoms with Gasteiger partial charge in [0.1, 0.15) is 5.75 Å². The molecule has 1 N–H and O–H groups in total. The predicted octanol–water partition coefficient (Wildman–Crippen LogP) is 2.62. The van der Waals surface area contributed by atoms with Crippen LogP contribution in [0.1, 0.15) is 5.56 Å². The molecular weight excluding hydrogens is 202 g/mol. The van der Waals surface area contributed by atoms with Gasteiger partial charge in [0, 0.05) is 19.4 Å². The van der Waals surface area contributed by atoms with Crippen molar-refractivity contribution in [3.05, 3.63) is 42.2 Å². The van der Waals surface area contributed by atoms with E-state index in [9.17, 15) is 0 Å². The highest BCUT2D eigenvalue weighted by Crippen LogP contribution is 2.24. The molecule has 1 aromatic carbocycles. The summed E-state index contributed by atoms with van der Waals surface area (Å²) in [5, 5.41) is 2.93. The van der Waals surface area contributed by atoms with Crippen molar-refractivity contribution in [2.24, 2.45) is 0 Å². The molecule has 1 aromatic heterocycles. The molecule has 2 aromatic rings. The molecule has 1 heterocycles. The molecule has 4 heteroatoms. The lowest BCUT2D eigenvalue weighted by Crippen LogP contribution is -1.98. The zero-order chi connectivity index (χ0) is 11.4. The van der Waals surface area contributed by atoms with E-state index in [0.717, 1.165) is 11.3 Å². The van der Waals surface area contributed by atoms with Crippen molar-refractivity contribution in [2.75, 3.05) is 12.4 Å². The third-order valence-corrected chi connectivity index (χ3v) is 2.11. The Hall–Kier alpha value is -2.10. The van der Waals surface area contributed by atoms with Gasteiger partial charge in [-0.05, 0) is 24.6 Å². The highest BCUT2D eigenvalue weighted by molar-refractivity contribution is 5.46. The Morgan fingerprint density at radius 3 is 2.75 bits per heavy atom. The molecule has 0 saturated heterocycles. The first kappa shape index (κ1) is 10.4. The molecule has 0 unspecified atom stereocenters. The number of aryl methyl sites for hydroxylation is 1. The third-order valence-electron chi connectivity index (χ3n) is 2.11. The van der Waals surface area contributed by atoms with Crippen LogP contribution < -0.4 is 10.1 Å². The van der Waals surface area contributed by atoms with Crippen LogP contribution in [-0.4, -0.2) is 17.0 Å². The number of hydrogen-bond acceptors (Lipinski definition) is 4. The third kappa shape index (κ3) is 2.28. The fourth-order valence-electron chi connectivity index (χ4n) is 1.36. The highest BCUT2D eigenvalue weighted by atomic mass is 16.5. The normalized spacial score (nSPS) is 9.88. The van der Waals surface area contributed by atoms with Crippen LogP contribution >= 0.6 is 0 Å². The van der Waals surface area contributed by atoms with Gasteiger partial charge in [0.15, 0.2) is 5.82 Å². The Bertz CT molecular complexity index is 485. The Morgan fingerprint density at radius 1 is 1.19 bits per heavy atom. The van der Waals surface area contributed by atoms with Crippen LogP contribution in [0.2, 0.25) is 0 Å². The molecule has 0 spiro atoms. The van der Waals surface area contributed by atoms with Crippen LogP contribution in [0.15, 0.2) is 36.7 Å². The average molecular weight is 215 g/mol. The van der Waals surface area contributed by atoms with Gasteiger partial charge in [-0.15, -0.1) is 0 Å². The van der Waals surface area contributed by atoms with E-state index >= 15 is 0 Å². The Balaban J connectivity index is 2.26. The lowest BCUT2D eigenvalue weighted by molar-refractivity contribution is 0.462. The van der Waals surface area contributed by atoms with E-state index in [4.69, 9.17) is 4.74 Å². The topological polar surface area (TPSA) is 47.0 Å². The summed E-state index contributed by atoms with van der Waals surface area (Å²) < 4.78 is 5.65. The van der Waals surface area contributed by atoms with E-state index in [1.807, 2.05) is 31.2 Å². The summed E-state index contributed by atoms with van der Waals surface area (Å²) in [7, 11) is 1.78. The van der Waals surface area contributed by atoms with Gasteiger partial charge in [0.25, 0.3) is 5.88 Å². The summed E-state index contributed by atoms with van der Waals surface area (Å²) in [4.78, 5) is 8.24. The van der Waals surface area contributed by atoms with Gasteiger partial charge in [0.2, 0.25) is 0 Å². The van der Waals surface area contributed by atoms with Crippen molar-refractivity contribution < 1.29 is 4.74 Å². The highest BCUT2D eigenvalue weighted by Gasteiger charge is 2.05. The van der Waals surface area contributed by atoms with Crippen LogP contribution in [-0.2, 0) is 0 Å². The van der Waals surface area contributed by atoms with Gasteiger partial charge >= 0.3 is 0 Å². The van der Waals surface area contributed by atoms with Crippen molar-refractivity contribution in [1.29, 1.82) is 0 Å². The summed E-state index contributed by atoms with van der Waals surface area (Å²) in [5.74, 6) is 1.87. The van der Waals surface area contributed by atoms with Crippen molar-refractivity contribution in [3.8, 4) is 11.6 Å². The second-order valence-corrected chi connectivity index (χ2v) is 3.38. The molecule has 2 rings (SSSR count). The van der Waals surface area contributed by atoms with Crippen LogP contribution in [0.5, 0.6) is 11.6 Å². The van der Waals surface area contributed by atoms with Crippen molar-refractivity contribution in [1.82, 2.24) is 9.97 Å².